The standard InChI is InChI=1S/C25H33FN2O4S/c1-27(2)17-18-28(25(29)16-9-20-5-3-4-6-20)19-21-7-12-23(13-8-21)32-33(30,31)24-14-10-22(26)11-15-24/h7-8,10-15,20H,3-6,9,16-19H2,1-2H3. The molecular weight excluding hydrogens is 443 g/mol. The Labute approximate surface area is 196 Å². The molecule has 1 aliphatic rings. The van der Waals surface area contributed by atoms with E-state index in [-0.39, 0.29) is 16.6 Å². The molecule has 1 amide bonds. The number of halogens is 1. The van der Waals surface area contributed by atoms with Crippen molar-refractivity contribution in [2.45, 2.75) is 50.0 Å². The van der Waals surface area contributed by atoms with E-state index >= 15 is 0 Å². The van der Waals surface area contributed by atoms with Crippen LogP contribution >= 0.6 is 0 Å². The summed E-state index contributed by atoms with van der Waals surface area (Å²) in [6.45, 7) is 1.86. The van der Waals surface area contributed by atoms with Crippen molar-refractivity contribution in [3.05, 3.63) is 59.9 Å². The minimum atomic E-state index is -4.05. The van der Waals surface area contributed by atoms with E-state index in [1.807, 2.05) is 19.0 Å². The molecule has 33 heavy (non-hydrogen) atoms. The fraction of sp³-hybridized carbons (Fsp3) is 0.480. The number of nitrogens with zero attached hydrogens (tertiary/aromatic N) is 2. The van der Waals surface area contributed by atoms with Gasteiger partial charge >= 0.3 is 10.1 Å². The molecule has 3 rings (SSSR count). The molecule has 6 nitrogen and oxygen atoms in total. The molecule has 8 heteroatoms. The average Bonchev–Trinajstić information content (AvgIpc) is 3.30. The van der Waals surface area contributed by atoms with Crippen LogP contribution in [0.25, 0.3) is 0 Å². The van der Waals surface area contributed by atoms with Gasteiger partial charge in [0, 0.05) is 26.1 Å². The fourth-order valence-corrected chi connectivity index (χ4v) is 4.97. The quantitative estimate of drug-likeness (QED) is 0.448. The van der Waals surface area contributed by atoms with Crippen LogP contribution in [0.1, 0.15) is 44.1 Å². The molecule has 2 aromatic carbocycles. The Morgan fingerprint density at radius 1 is 1.00 bits per heavy atom. The van der Waals surface area contributed by atoms with Gasteiger partial charge in [-0.3, -0.25) is 4.79 Å². The number of hydrogen-bond acceptors (Lipinski definition) is 5. The van der Waals surface area contributed by atoms with E-state index in [2.05, 4.69) is 4.90 Å². The van der Waals surface area contributed by atoms with E-state index in [1.165, 1.54) is 37.8 Å². The molecule has 0 aliphatic heterocycles. The molecule has 1 aliphatic carbocycles. The van der Waals surface area contributed by atoms with E-state index < -0.39 is 15.9 Å². The number of hydrogen-bond donors (Lipinski definition) is 0. The van der Waals surface area contributed by atoms with Crippen LogP contribution < -0.4 is 4.18 Å². The molecule has 1 saturated carbocycles. The van der Waals surface area contributed by atoms with Crippen molar-refractivity contribution in [3.8, 4) is 5.75 Å². The highest BCUT2D eigenvalue weighted by atomic mass is 32.2. The van der Waals surface area contributed by atoms with Gasteiger partial charge in [0.15, 0.2) is 0 Å². The Morgan fingerprint density at radius 2 is 1.64 bits per heavy atom. The molecule has 0 heterocycles. The van der Waals surface area contributed by atoms with Gasteiger partial charge in [-0.1, -0.05) is 37.8 Å². The molecule has 180 valence electrons. The van der Waals surface area contributed by atoms with Crippen LogP contribution in [0.2, 0.25) is 0 Å². The summed E-state index contributed by atoms with van der Waals surface area (Å²) >= 11 is 0. The van der Waals surface area contributed by atoms with Gasteiger partial charge in [-0.2, -0.15) is 8.42 Å². The summed E-state index contributed by atoms with van der Waals surface area (Å²) in [4.78, 5) is 16.7. The molecule has 0 radical (unpaired) electrons. The van der Waals surface area contributed by atoms with Crippen molar-refractivity contribution in [2.75, 3.05) is 27.2 Å². The number of likely N-dealkylation sites (N-methyl/N-ethyl adjacent to an activating group) is 1. The lowest BCUT2D eigenvalue weighted by Gasteiger charge is -2.25. The first kappa shape index (κ1) is 25.2. The Bertz CT molecular complexity index is 1000. The molecule has 1 fully saturated rings. The van der Waals surface area contributed by atoms with E-state index in [4.69, 9.17) is 4.18 Å². The Kier molecular flexibility index (Phi) is 8.86. The van der Waals surface area contributed by atoms with Gasteiger partial charge in [-0.05, 0) is 68.4 Å². The second kappa shape index (κ2) is 11.6. The van der Waals surface area contributed by atoms with Crippen LogP contribution in [0.4, 0.5) is 4.39 Å². The number of rotatable bonds is 11. The van der Waals surface area contributed by atoms with Crippen LogP contribution in [-0.4, -0.2) is 51.3 Å². The maximum absolute atomic E-state index is 13.1. The lowest BCUT2D eigenvalue weighted by molar-refractivity contribution is -0.132. The van der Waals surface area contributed by atoms with Gasteiger partial charge in [0.05, 0.1) is 0 Å². The molecule has 2 aromatic rings. The molecule has 0 unspecified atom stereocenters. The highest BCUT2D eigenvalue weighted by Crippen LogP contribution is 2.29. The lowest BCUT2D eigenvalue weighted by atomic mass is 10.0. The predicted octanol–water partition coefficient (Wildman–Crippen LogP) is 4.45. The maximum Gasteiger partial charge on any atom is 0.339 e. The second-order valence-corrected chi connectivity index (χ2v) is 10.5. The summed E-state index contributed by atoms with van der Waals surface area (Å²) in [5.74, 6) is 0.470. The van der Waals surface area contributed by atoms with Crippen LogP contribution in [0.15, 0.2) is 53.4 Å². The van der Waals surface area contributed by atoms with E-state index in [0.717, 1.165) is 30.7 Å². The van der Waals surface area contributed by atoms with E-state index in [1.54, 1.807) is 24.3 Å². The van der Waals surface area contributed by atoms with Crippen LogP contribution in [0.5, 0.6) is 5.75 Å². The molecule has 0 saturated heterocycles. The normalized spacial score (nSPS) is 14.5. The fourth-order valence-electron chi connectivity index (χ4n) is 4.04. The SMILES string of the molecule is CN(C)CCN(Cc1ccc(OS(=O)(=O)c2ccc(F)cc2)cc1)C(=O)CCC1CCCC1. The Morgan fingerprint density at radius 3 is 2.24 bits per heavy atom. The molecule has 0 aromatic heterocycles. The highest BCUT2D eigenvalue weighted by Gasteiger charge is 2.20. The number of carbonyl (C=O) groups is 1. The Balaban J connectivity index is 1.62. The summed E-state index contributed by atoms with van der Waals surface area (Å²) in [7, 11) is -0.0878. The van der Waals surface area contributed by atoms with Gasteiger partial charge < -0.3 is 14.0 Å². The minimum absolute atomic E-state index is 0.115. The third-order valence-electron chi connectivity index (χ3n) is 6.02. The van der Waals surface area contributed by atoms with Gasteiger partial charge in [0.1, 0.15) is 16.5 Å². The maximum atomic E-state index is 13.1. The molecular formula is C25H33FN2O4S. The minimum Gasteiger partial charge on any atom is -0.379 e. The predicted molar refractivity (Wildman–Crippen MR) is 126 cm³/mol. The van der Waals surface area contributed by atoms with Crippen LogP contribution in [-0.2, 0) is 21.5 Å². The van der Waals surface area contributed by atoms with Gasteiger partial charge in [0.25, 0.3) is 0 Å². The molecule has 0 bridgehead atoms. The summed E-state index contributed by atoms with van der Waals surface area (Å²) < 4.78 is 43.0. The van der Waals surface area contributed by atoms with Crippen molar-refractivity contribution in [3.63, 3.8) is 0 Å². The first-order valence-corrected chi connectivity index (χ1v) is 12.9. The smallest absolute Gasteiger partial charge is 0.339 e. The lowest BCUT2D eigenvalue weighted by Crippen LogP contribution is -2.36. The van der Waals surface area contributed by atoms with Crippen molar-refractivity contribution >= 4 is 16.0 Å². The first-order valence-electron chi connectivity index (χ1n) is 11.4. The van der Waals surface area contributed by atoms with Gasteiger partial charge in [0.2, 0.25) is 5.91 Å². The van der Waals surface area contributed by atoms with Gasteiger partial charge in [-0.25, -0.2) is 4.39 Å². The number of carbonyl (C=O) groups excluding carboxylic acids is 1. The number of amides is 1. The summed E-state index contributed by atoms with van der Waals surface area (Å²) in [6, 6.07) is 11.2. The monoisotopic (exact) mass is 476 g/mol. The Hall–Kier alpha value is -2.45. The molecule has 0 spiro atoms. The zero-order valence-electron chi connectivity index (χ0n) is 19.4. The van der Waals surface area contributed by atoms with Crippen LogP contribution in [0.3, 0.4) is 0 Å². The third-order valence-corrected chi connectivity index (χ3v) is 7.28. The van der Waals surface area contributed by atoms with Crippen LogP contribution in [0, 0.1) is 11.7 Å². The van der Waals surface area contributed by atoms with E-state index in [9.17, 15) is 17.6 Å². The summed E-state index contributed by atoms with van der Waals surface area (Å²) in [6.07, 6.45) is 6.52. The van der Waals surface area contributed by atoms with Crippen molar-refractivity contribution in [2.24, 2.45) is 5.92 Å². The van der Waals surface area contributed by atoms with Gasteiger partial charge in [-0.15, -0.1) is 0 Å². The largest absolute Gasteiger partial charge is 0.379 e. The topological polar surface area (TPSA) is 66.9 Å². The van der Waals surface area contributed by atoms with E-state index in [0.29, 0.717) is 25.4 Å². The average molecular weight is 477 g/mol. The summed E-state index contributed by atoms with van der Waals surface area (Å²) in [5.41, 5.74) is 0.898. The zero-order chi connectivity index (χ0) is 23.8. The highest BCUT2D eigenvalue weighted by molar-refractivity contribution is 7.87. The second-order valence-electron chi connectivity index (χ2n) is 8.94. The number of benzene rings is 2. The van der Waals surface area contributed by atoms with Crippen molar-refractivity contribution in [1.29, 1.82) is 0 Å². The third kappa shape index (κ3) is 7.82. The zero-order valence-corrected chi connectivity index (χ0v) is 20.2. The van der Waals surface area contributed by atoms with Crippen molar-refractivity contribution < 1.29 is 21.8 Å². The molecule has 0 atom stereocenters. The first-order chi connectivity index (χ1) is 15.7. The molecule has 0 N–H and O–H groups in total. The summed E-state index contributed by atoms with van der Waals surface area (Å²) in [5, 5.41) is 0. The van der Waals surface area contributed by atoms with Crippen molar-refractivity contribution in [1.82, 2.24) is 9.80 Å².